The Morgan fingerprint density at radius 1 is 1.50 bits per heavy atom. The van der Waals surface area contributed by atoms with Crippen LogP contribution in [0.25, 0.3) is 6.08 Å². The quantitative estimate of drug-likeness (QED) is 0.556. The second kappa shape index (κ2) is 7.54. The topological polar surface area (TPSA) is 86.6 Å². The minimum Gasteiger partial charge on any atom is -0.412 e. The van der Waals surface area contributed by atoms with Crippen LogP contribution in [0.3, 0.4) is 0 Å². The van der Waals surface area contributed by atoms with Crippen molar-refractivity contribution < 1.29 is 14.9 Å². The summed E-state index contributed by atoms with van der Waals surface area (Å²) in [5.41, 5.74) is 1.25. The summed E-state index contributed by atoms with van der Waals surface area (Å²) in [6.07, 6.45) is 4.40. The lowest BCUT2D eigenvalue weighted by Crippen LogP contribution is -2.14. The molecular weight excluding hydrogens is 208 g/mol. The van der Waals surface area contributed by atoms with E-state index in [0.29, 0.717) is 5.57 Å². The molecule has 0 saturated carbocycles. The Morgan fingerprint density at radius 3 is 2.62 bits per heavy atom. The molecule has 1 heterocycles. The highest BCUT2D eigenvalue weighted by molar-refractivity contribution is 5.56. The van der Waals surface area contributed by atoms with Gasteiger partial charge in [-0.15, -0.1) is 0 Å². The number of ether oxygens (including phenoxy) is 2. The maximum atomic E-state index is 8.92. The third kappa shape index (κ3) is 3.79. The van der Waals surface area contributed by atoms with Gasteiger partial charge >= 0.3 is 0 Å². The van der Waals surface area contributed by atoms with Crippen LogP contribution in [-0.4, -0.2) is 31.0 Å². The number of rotatable bonds is 4. The Hall–Kier alpha value is -1.74. The van der Waals surface area contributed by atoms with E-state index in [9.17, 15) is 0 Å². The van der Waals surface area contributed by atoms with Crippen LogP contribution in [0.15, 0.2) is 30.1 Å². The predicted molar refractivity (Wildman–Crippen MR) is 59.2 cm³/mol. The van der Waals surface area contributed by atoms with Crippen molar-refractivity contribution in [3.8, 4) is 6.07 Å². The fourth-order valence-corrected chi connectivity index (χ4v) is 1.14. The molecule has 0 aliphatic heterocycles. The van der Waals surface area contributed by atoms with Gasteiger partial charge in [0.05, 0.1) is 5.57 Å². The fraction of sp³-hybridized carbons (Fsp3) is 0.273. The van der Waals surface area contributed by atoms with Crippen molar-refractivity contribution in [2.24, 2.45) is 0 Å². The van der Waals surface area contributed by atoms with E-state index in [1.54, 1.807) is 24.5 Å². The highest BCUT2D eigenvalue weighted by atomic mass is 16.7. The fourth-order valence-electron chi connectivity index (χ4n) is 1.14. The molecule has 0 unspecified atom stereocenters. The normalized spacial score (nSPS) is 10.8. The number of pyridine rings is 1. The molecule has 1 rings (SSSR count). The first-order valence-electron chi connectivity index (χ1n) is 4.39. The van der Waals surface area contributed by atoms with Gasteiger partial charge in [0.1, 0.15) is 6.07 Å². The third-order valence-electron chi connectivity index (χ3n) is 1.82. The van der Waals surface area contributed by atoms with Crippen LogP contribution >= 0.6 is 0 Å². The molecule has 0 aliphatic carbocycles. The van der Waals surface area contributed by atoms with Gasteiger partial charge in [0.15, 0.2) is 6.29 Å². The van der Waals surface area contributed by atoms with Crippen LogP contribution in [0.5, 0.6) is 0 Å². The summed E-state index contributed by atoms with van der Waals surface area (Å²) >= 11 is 0. The van der Waals surface area contributed by atoms with Crippen LogP contribution in [0.1, 0.15) is 5.56 Å². The number of aromatic nitrogens is 1. The molecule has 0 saturated heterocycles. The van der Waals surface area contributed by atoms with Crippen LogP contribution in [0.4, 0.5) is 0 Å². The highest BCUT2D eigenvalue weighted by Gasteiger charge is 2.11. The smallest absolute Gasteiger partial charge is 0.193 e. The van der Waals surface area contributed by atoms with Gasteiger partial charge in [-0.2, -0.15) is 5.26 Å². The molecule has 86 valence electrons. The summed E-state index contributed by atoms with van der Waals surface area (Å²) in [5.74, 6) is 0. The molecule has 0 radical (unpaired) electrons. The largest absolute Gasteiger partial charge is 0.412 e. The monoisotopic (exact) mass is 222 g/mol. The average Bonchev–Trinajstić information content (AvgIpc) is 2.30. The van der Waals surface area contributed by atoms with Crippen LogP contribution < -0.4 is 0 Å². The van der Waals surface area contributed by atoms with Gasteiger partial charge in [0.25, 0.3) is 0 Å². The minimum atomic E-state index is -0.629. The van der Waals surface area contributed by atoms with Gasteiger partial charge in [0.2, 0.25) is 0 Å². The summed E-state index contributed by atoms with van der Waals surface area (Å²) in [5, 5.41) is 8.92. The third-order valence-corrected chi connectivity index (χ3v) is 1.82. The molecule has 5 heteroatoms. The van der Waals surface area contributed by atoms with Crippen LogP contribution in [0.2, 0.25) is 0 Å². The molecule has 0 fully saturated rings. The van der Waals surface area contributed by atoms with E-state index in [1.807, 2.05) is 12.1 Å². The van der Waals surface area contributed by atoms with E-state index in [0.717, 1.165) is 5.56 Å². The molecule has 0 aliphatic rings. The molecule has 1 aromatic heterocycles. The summed E-state index contributed by atoms with van der Waals surface area (Å²) in [4.78, 5) is 3.95. The molecule has 5 nitrogen and oxygen atoms in total. The molecule has 16 heavy (non-hydrogen) atoms. The van der Waals surface area contributed by atoms with Crippen molar-refractivity contribution in [2.75, 3.05) is 14.2 Å². The molecule has 0 aromatic carbocycles. The van der Waals surface area contributed by atoms with Crippen molar-refractivity contribution in [1.82, 2.24) is 4.98 Å². The highest BCUT2D eigenvalue weighted by Crippen LogP contribution is 2.11. The van der Waals surface area contributed by atoms with Crippen LogP contribution in [-0.2, 0) is 9.47 Å². The zero-order valence-electron chi connectivity index (χ0n) is 9.18. The zero-order valence-corrected chi connectivity index (χ0v) is 9.18. The van der Waals surface area contributed by atoms with E-state index < -0.39 is 6.29 Å². The van der Waals surface area contributed by atoms with E-state index in [4.69, 9.17) is 14.7 Å². The van der Waals surface area contributed by atoms with Crippen molar-refractivity contribution in [3.05, 3.63) is 35.7 Å². The first-order valence-corrected chi connectivity index (χ1v) is 4.39. The van der Waals surface area contributed by atoms with E-state index in [-0.39, 0.29) is 5.48 Å². The lowest BCUT2D eigenvalue weighted by molar-refractivity contribution is -0.0712. The lowest BCUT2D eigenvalue weighted by Gasteiger charge is -2.11. The van der Waals surface area contributed by atoms with Gasteiger partial charge in [0, 0.05) is 26.6 Å². The number of methoxy groups -OCH3 is 2. The SMILES string of the molecule is COC(OC)C(C#N)=Cc1cccnc1.O. The standard InChI is InChI=1S/C11H12N2O2.H2O/c1-14-11(15-2)10(7-12)6-9-4-3-5-13-8-9;/h3-6,8,11H,1-2H3;1H2. The summed E-state index contributed by atoms with van der Waals surface area (Å²) < 4.78 is 9.98. The van der Waals surface area contributed by atoms with E-state index in [2.05, 4.69) is 4.98 Å². The maximum Gasteiger partial charge on any atom is 0.193 e. The number of nitriles is 1. The first kappa shape index (κ1) is 14.3. The Morgan fingerprint density at radius 2 is 2.19 bits per heavy atom. The Kier molecular flexibility index (Phi) is 6.72. The Labute approximate surface area is 94.3 Å². The average molecular weight is 222 g/mol. The Bertz CT molecular complexity index is 367. The number of hydrogen-bond donors (Lipinski definition) is 0. The summed E-state index contributed by atoms with van der Waals surface area (Å²) in [7, 11) is 2.98. The number of hydrogen-bond acceptors (Lipinski definition) is 4. The zero-order chi connectivity index (χ0) is 11.1. The molecular formula is C11H14N2O3. The van der Waals surface area contributed by atoms with E-state index in [1.165, 1.54) is 14.2 Å². The molecule has 0 bridgehead atoms. The first-order chi connectivity index (χ1) is 7.31. The maximum absolute atomic E-state index is 8.92. The Balaban J connectivity index is 0.00000225. The van der Waals surface area contributed by atoms with Crippen LogP contribution in [0, 0.1) is 11.3 Å². The van der Waals surface area contributed by atoms with Gasteiger partial charge in [-0.3, -0.25) is 4.98 Å². The van der Waals surface area contributed by atoms with Gasteiger partial charge in [-0.1, -0.05) is 6.07 Å². The molecule has 0 amide bonds. The van der Waals surface area contributed by atoms with Gasteiger partial charge in [-0.05, 0) is 17.7 Å². The van der Waals surface area contributed by atoms with Crippen molar-refractivity contribution in [1.29, 1.82) is 5.26 Å². The van der Waals surface area contributed by atoms with E-state index >= 15 is 0 Å². The molecule has 1 aromatic rings. The minimum absolute atomic E-state index is 0. The van der Waals surface area contributed by atoms with Gasteiger partial charge in [-0.25, -0.2) is 0 Å². The van der Waals surface area contributed by atoms with Crippen molar-refractivity contribution in [3.63, 3.8) is 0 Å². The second-order valence-electron chi connectivity index (χ2n) is 2.80. The number of nitrogens with zero attached hydrogens (tertiary/aromatic N) is 2. The van der Waals surface area contributed by atoms with Gasteiger partial charge < -0.3 is 14.9 Å². The summed E-state index contributed by atoms with van der Waals surface area (Å²) in [6, 6.07) is 5.69. The summed E-state index contributed by atoms with van der Waals surface area (Å²) in [6.45, 7) is 0. The molecule has 2 N–H and O–H groups in total. The van der Waals surface area contributed by atoms with Crippen molar-refractivity contribution >= 4 is 6.08 Å². The van der Waals surface area contributed by atoms with Crippen molar-refractivity contribution in [2.45, 2.75) is 6.29 Å². The molecule has 0 spiro atoms. The predicted octanol–water partition coefficient (Wildman–Crippen LogP) is 0.783. The lowest BCUT2D eigenvalue weighted by atomic mass is 10.2. The molecule has 0 atom stereocenters. The second-order valence-corrected chi connectivity index (χ2v) is 2.80.